The van der Waals surface area contributed by atoms with Crippen LogP contribution in [0.5, 0.6) is 0 Å². The quantitative estimate of drug-likeness (QED) is 0.423. The Morgan fingerprint density at radius 3 is 1.61 bits per heavy atom. The number of ether oxygens (including phenoxy) is 2. The zero-order valence-electron chi connectivity index (χ0n) is 13.2. The molecule has 0 atom stereocenters. The number of hydrogen-bond donors (Lipinski definition) is 0. The van der Waals surface area contributed by atoms with E-state index in [0.29, 0.717) is 13.2 Å². The number of hydrogen-bond acceptors (Lipinski definition) is 2. The van der Waals surface area contributed by atoms with E-state index >= 15 is 0 Å². The smallest absolute Gasteiger partial charge is 0.0101 e. The van der Waals surface area contributed by atoms with E-state index in [1.807, 2.05) is 26.0 Å². The van der Waals surface area contributed by atoms with Crippen LogP contribution in [-0.4, -0.2) is 13.2 Å². The molecule has 0 N–H and O–H groups in total. The fraction of sp³-hybridized carbons (Fsp3) is 0.333. The van der Waals surface area contributed by atoms with Crippen LogP contribution in [-0.2, 0) is 31.2 Å². The fourth-order valence-electron chi connectivity index (χ4n) is 0.524. The van der Waals surface area contributed by atoms with E-state index in [1.165, 1.54) is 6.79 Å². The second-order valence-corrected chi connectivity index (χ2v) is 2.01. The molecular formula is C15H31O2Ti-7. The van der Waals surface area contributed by atoms with Crippen molar-refractivity contribution < 1.29 is 31.2 Å². The zero-order valence-corrected chi connectivity index (χ0v) is 14.8. The van der Waals surface area contributed by atoms with E-state index in [9.17, 15) is 0 Å². The van der Waals surface area contributed by atoms with E-state index in [-0.39, 0.29) is 58.9 Å². The summed E-state index contributed by atoms with van der Waals surface area (Å²) in [5.74, 6) is 0. The van der Waals surface area contributed by atoms with Gasteiger partial charge >= 0.3 is 0 Å². The monoisotopic (exact) mass is 291 g/mol. The maximum atomic E-state index is 4.73. The molecule has 0 unspecified atom stereocenters. The van der Waals surface area contributed by atoms with Gasteiger partial charge in [-0.25, -0.2) is 12.2 Å². The Bertz CT molecular complexity index is 120. The second kappa shape index (κ2) is 43.4. The topological polar surface area (TPSA) is 18.5 Å². The van der Waals surface area contributed by atoms with Crippen molar-refractivity contribution in [2.24, 2.45) is 0 Å². The first kappa shape index (κ1) is 43.0. The molecule has 0 heterocycles. The van der Waals surface area contributed by atoms with E-state index in [4.69, 9.17) is 9.47 Å². The van der Waals surface area contributed by atoms with Crippen LogP contribution in [0.25, 0.3) is 0 Å². The maximum absolute atomic E-state index is 4.73. The van der Waals surface area contributed by atoms with E-state index in [1.54, 1.807) is 0 Å². The summed E-state index contributed by atoms with van der Waals surface area (Å²) in [6, 6.07) is 0. The van der Waals surface area contributed by atoms with E-state index in [2.05, 4.69) is 12.2 Å². The van der Waals surface area contributed by atoms with Gasteiger partial charge in [-0.15, -0.1) is 6.42 Å². The molecular weight excluding hydrogens is 260 g/mol. The molecule has 0 aromatic heterocycles. The van der Waals surface area contributed by atoms with Crippen molar-refractivity contribution in [3.05, 3.63) is 68.2 Å². The molecule has 0 saturated carbocycles. The molecule has 0 radical (unpaired) electrons. The molecule has 0 aromatic carbocycles. The van der Waals surface area contributed by atoms with Crippen molar-refractivity contribution >= 4 is 0 Å². The molecule has 0 aromatic rings. The summed E-state index contributed by atoms with van der Waals surface area (Å²) < 4.78 is 9.45. The van der Waals surface area contributed by atoms with Crippen LogP contribution in [0.15, 0.2) is 18.2 Å². The van der Waals surface area contributed by atoms with Crippen LogP contribution < -0.4 is 0 Å². The van der Waals surface area contributed by atoms with E-state index in [0.717, 1.165) is 6.42 Å². The van der Waals surface area contributed by atoms with Gasteiger partial charge < -0.3 is 46.6 Å². The van der Waals surface area contributed by atoms with Gasteiger partial charge in [-0.2, -0.15) is 6.08 Å². The van der Waals surface area contributed by atoms with Crippen LogP contribution >= 0.6 is 0 Å². The Hall–Kier alpha value is 0.114. The molecule has 1 aliphatic carbocycles. The Kier molecular flexibility index (Phi) is 104. The largest absolute Gasteiger partial charge is 0.525 e. The molecule has 0 spiro atoms. The van der Waals surface area contributed by atoms with Crippen LogP contribution in [0, 0.1) is 50.0 Å². The van der Waals surface area contributed by atoms with Crippen LogP contribution in [0.3, 0.4) is 0 Å². The van der Waals surface area contributed by atoms with Crippen LogP contribution in [0.4, 0.5) is 0 Å². The first-order chi connectivity index (χ1) is 5.91. The van der Waals surface area contributed by atoms with Crippen LogP contribution in [0.1, 0.15) is 20.3 Å². The zero-order chi connectivity index (χ0) is 9.07. The molecule has 114 valence electrons. The third-order valence-electron chi connectivity index (χ3n) is 1.06. The minimum Gasteiger partial charge on any atom is -0.525 e. The van der Waals surface area contributed by atoms with Crippen molar-refractivity contribution in [1.29, 1.82) is 0 Å². The van der Waals surface area contributed by atoms with Gasteiger partial charge in [0.15, 0.2) is 0 Å². The van der Waals surface area contributed by atoms with Gasteiger partial charge in [0.25, 0.3) is 0 Å². The van der Waals surface area contributed by atoms with Gasteiger partial charge in [-0.1, -0.05) is 6.79 Å². The molecule has 18 heavy (non-hydrogen) atoms. The van der Waals surface area contributed by atoms with Crippen molar-refractivity contribution in [2.45, 2.75) is 20.3 Å². The minimum atomic E-state index is 0. The molecule has 0 amide bonds. The summed E-state index contributed by atoms with van der Waals surface area (Å²) in [5.41, 5.74) is 0. The SMILES string of the molecule is CCO[CH-]OCC.[C-]1=CC=CC1.[CH3-].[CH3-].[CH3-].[CH3-].[CH3-].[Ti]. The second-order valence-electron chi connectivity index (χ2n) is 2.01. The molecule has 0 aliphatic heterocycles. The van der Waals surface area contributed by atoms with Crippen molar-refractivity contribution in [3.63, 3.8) is 0 Å². The van der Waals surface area contributed by atoms with Crippen molar-refractivity contribution in [3.8, 4) is 0 Å². The summed E-state index contributed by atoms with van der Waals surface area (Å²) in [7, 11) is 0. The molecule has 0 saturated heterocycles. The summed E-state index contributed by atoms with van der Waals surface area (Å²) >= 11 is 0. The first-order valence-corrected chi connectivity index (χ1v) is 4.18. The van der Waals surface area contributed by atoms with Crippen molar-refractivity contribution in [2.75, 3.05) is 13.2 Å². The van der Waals surface area contributed by atoms with Gasteiger partial charge in [0.05, 0.1) is 0 Å². The maximum Gasteiger partial charge on any atom is 0.0101 e. The average Bonchev–Trinajstić information content (AvgIpc) is 2.62. The molecule has 0 bridgehead atoms. The normalized spacial score (nSPS) is 8.56. The summed E-state index contributed by atoms with van der Waals surface area (Å²) in [6.45, 7) is 6.55. The average molecular weight is 291 g/mol. The van der Waals surface area contributed by atoms with Crippen LogP contribution in [0.2, 0.25) is 0 Å². The molecule has 1 aliphatic rings. The minimum absolute atomic E-state index is 0. The summed E-state index contributed by atoms with van der Waals surface area (Å²) in [5, 5.41) is 0. The molecule has 2 nitrogen and oxygen atoms in total. The Morgan fingerprint density at radius 2 is 1.44 bits per heavy atom. The number of allylic oxidation sites excluding steroid dienone is 4. The molecule has 3 heteroatoms. The standard InChI is InChI=1S/C5H11O2.C5H5.5CH3.Ti/c1-3-6-5-7-4-2;1-2-4-5-3-1;;;;;;/h5H,3-4H2,1-2H3;1-3H,4H2;5*1H3;/q7*-1;. The predicted molar refractivity (Wildman–Crippen MR) is 81.2 cm³/mol. The fourth-order valence-corrected chi connectivity index (χ4v) is 0.524. The first-order valence-electron chi connectivity index (χ1n) is 4.18. The van der Waals surface area contributed by atoms with E-state index < -0.39 is 0 Å². The predicted octanol–water partition coefficient (Wildman–Crippen LogP) is 4.73. The summed E-state index contributed by atoms with van der Waals surface area (Å²) in [4.78, 5) is 0. The molecule has 0 fully saturated rings. The molecule has 1 rings (SSSR count). The van der Waals surface area contributed by atoms with Gasteiger partial charge in [-0.3, -0.25) is 6.08 Å². The Labute approximate surface area is 133 Å². The third kappa shape index (κ3) is 44.3. The van der Waals surface area contributed by atoms with Gasteiger partial charge in [0.1, 0.15) is 0 Å². The number of rotatable bonds is 4. The van der Waals surface area contributed by atoms with Gasteiger partial charge in [0, 0.05) is 34.9 Å². The van der Waals surface area contributed by atoms with Crippen molar-refractivity contribution in [1.82, 2.24) is 0 Å². The third-order valence-corrected chi connectivity index (χ3v) is 1.06. The van der Waals surface area contributed by atoms with Gasteiger partial charge in [-0.05, 0) is 13.8 Å². The Balaban J connectivity index is -0.0000000205. The summed E-state index contributed by atoms with van der Waals surface area (Å²) in [6.07, 6.45) is 10.0. The Morgan fingerprint density at radius 1 is 1.00 bits per heavy atom. The van der Waals surface area contributed by atoms with Gasteiger partial charge in [0.2, 0.25) is 0 Å².